The van der Waals surface area contributed by atoms with Crippen molar-refractivity contribution < 1.29 is 13.2 Å². The molecule has 1 atom stereocenters. The lowest BCUT2D eigenvalue weighted by molar-refractivity contribution is -0.131. The zero-order valence-electron chi connectivity index (χ0n) is 12.9. The molecule has 1 N–H and O–H groups in total. The summed E-state index contributed by atoms with van der Waals surface area (Å²) in [7, 11) is -3.34. The number of hydrogen-bond acceptors (Lipinski definition) is 4. The predicted octanol–water partition coefficient (Wildman–Crippen LogP) is 1.55. The Morgan fingerprint density at radius 1 is 1.36 bits per heavy atom. The fourth-order valence-electron chi connectivity index (χ4n) is 2.34. The van der Waals surface area contributed by atoms with Crippen molar-refractivity contribution in [2.75, 3.05) is 30.3 Å². The van der Waals surface area contributed by atoms with Crippen LogP contribution >= 0.6 is 11.8 Å². The number of nitrogens with one attached hydrogen (secondary N) is 1. The van der Waals surface area contributed by atoms with Crippen LogP contribution in [0.4, 0.5) is 0 Å². The van der Waals surface area contributed by atoms with E-state index in [1.165, 1.54) is 5.56 Å². The van der Waals surface area contributed by atoms with E-state index in [1.807, 2.05) is 43.0 Å². The minimum absolute atomic E-state index is 0.0120. The first kappa shape index (κ1) is 17.3. The van der Waals surface area contributed by atoms with E-state index in [0.717, 1.165) is 17.1 Å². The number of sulfonamides is 1. The molecule has 1 amide bonds. The minimum Gasteiger partial charge on any atom is -0.333 e. The fraction of sp³-hybridized carbons (Fsp3) is 0.533. The number of carbonyl (C=O) groups is 1. The highest BCUT2D eigenvalue weighted by atomic mass is 32.2. The maximum absolute atomic E-state index is 12.4. The van der Waals surface area contributed by atoms with Crippen LogP contribution < -0.4 is 4.72 Å². The van der Waals surface area contributed by atoms with Gasteiger partial charge in [-0.3, -0.25) is 4.79 Å². The van der Waals surface area contributed by atoms with Crippen LogP contribution in [0.25, 0.3) is 0 Å². The van der Waals surface area contributed by atoms with Crippen molar-refractivity contribution in [2.24, 2.45) is 0 Å². The third kappa shape index (κ3) is 4.47. The van der Waals surface area contributed by atoms with Gasteiger partial charge in [0.2, 0.25) is 15.9 Å². The molecule has 1 aromatic carbocycles. The van der Waals surface area contributed by atoms with Crippen LogP contribution in [0.3, 0.4) is 0 Å². The predicted molar refractivity (Wildman–Crippen MR) is 90.4 cm³/mol. The van der Waals surface area contributed by atoms with Gasteiger partial charge in [-0.1, -0.05) is 29.8 Å². The lowest BCUT2D eigenvalue weighted by atomic mass is 10.0. The third-order valence-electron chi connectivity index (χ3n) is 3.73. The van der Waals surface area contributed by atoms with Crippen LogP contribution in [0.5, 0.6) is 0 Å². The van der Waals surface area contributed by atoms with Crippen molar-refractivity contribution >= 4 is 27.7 Å². The topological polar surface area (TPSA) is 66.5 Å². The first-order valence-corrected chi connectivity index (χ1v) is 10.1. The van der Waals surface area contributed by atoms with Crippen molar-refractivity contribution in [1.29, 1.82) is 0 Å². The first-order chi connectivity index (χ1) is 10.4. The third-order valence-corrected chi connectivity index (χ3v) is 6.10. The van der Waals surface area contributed by atoms with Crippen molar-refractivity contribution in [1.82, 2.24) is 9.62 Å². The molecular formula is C15H22N2O3S2. The molecule has 1 heterocycles. The lowest BCUT2D eigenvalue weighted by Crippen LogP contribution is -2.45. The van der Waals surface area contributed by atoms with Crippen LogP contribution in [0, 0.1) is 6.92 Å². The summed E-state index contributed by atoms with van der Waals surface area (Å²) in [5.74, 6) is 1.55. The average molecular weight is 342 g/mol. The highest BCUT2D eigenvalue weighted by molar-refractivity contribution is 7.99. The van der Waals surface area contributed by atoms with Crippen LogP contribution in [0.15, 0.2) is 24.3 Å². The van der Waals surface area contributed by atoms with Gasteiger partial charge in [-0.2, -0.15) is 11.8 Å². The Morgan fingerprint density at radius 2 is 2.05 bits per heavy atom. The maximum Gasteiger partial charge on any atom is 0.238 e. The largest absolute Gasteiger partial charge is 0.333 e. The fourth-order valence-corrected chi connectivity index (χ4v) is 3.98. The second kappa shape index (κ2) is 7.48. The number of thioether (sulfide) groups is 1. The molecule has 22 heavy (non-hydrogen) atoms. The van der Waals surface area contributed by atoms with Gasteiger partial charge in [-0.15, -0.1) is 0 Å². The number of benzene rings is 1. The highest BCUT2D eigenvalue weighted by Crippen LogP contribution is 2.29. The summed E-state index contributed by atoms with van der Waals surface area (Å²) in [6.07, 6.45) is 0. The van der Waals surface area contributed by atoms with Crippen LogP contribution in [0.1, 0.15) is 24.1 Å². The minimum atomic E-state index is -3.34. The Kier molecular flexibility index (Phi) is 5.88. The van der Waals surface area contributed by atoms with Crippen molar-refractivity contribution in [3.63, 3.8) is 0 Å². The van der Waals surface area contributed by atoms with Gasteiger partial charge < -0.3 is 4.90 Å². The number of hydrogen-bond donors (Lipinski definition) is 1. The summed E-state index contributed by atoms with van der Waals surface area (Å²) in [4.78, 5) is 14.2. The molecule has 122 valence electrons. The molecule has 0 aliphatic carbocycles. The molecule has 1 unspecified atom stereocenters. The van der Waals surface area contributed by atoms with Gasteiger partial charge in [0.25, 0.3) is 0 Å². The zero-order chi connectivity index (χ0) is 16.2. The van der Waals surface area contributed by atoms with Crippen LogP contribution in [-0.2, 0) is 14.8 Å². The second-order valence-electron chi connectivity index (χ2n) is 5.31. The SMILES string of the molecule is CCS(=O)(=O)NCC(=O)N1CCSCC1c1ccc(C)cc1. The molecule has 7 heteroatoms. The van der Waals surface area contributed by atoms with Gasteiger partial charge in [-0.05, 0) is 19.4 Å². The smallest absolute Gasteiger partial charge is 0.238 e. The number of amides is 1. The Morgan fingerprint density at radius 3 is 2.68 bits per heavy atom. The summed E-state index contributed by atoms with van der Waals surface area (Å²) in [5, 5.41) is 0. The van der Waals surface area contributed by atoms with Gasteiger partial charge in [0.05, 0.1) is 18.3 Å². The molecule has 5 nitrogen and oxygen atoms in total. The van der Waals surface area contributed by atoms with Crippen molar-refractivity contribution in [2.45, 2.75) is 19.9 Å². The van der Waals surface area contributed by atoms with Gasteiger partial charge in [0.1, 0.15) is 0 Å². The van der Waals surface area contributed by atoms with Gasteiger partial charge in [0, 0.05) is 18.1 Å². The Balaban J connectivity index is 2.09. The average Bonchev–Trinajstić information content (AvgIpc) is 2.53. The van der Waals surface area contributed by atoms with Gasteiger partial charge in [0.15, 0.2) is 0 Å². The molecular weight excluding hydrogens is 320 g/mol. The van der Waals surface area contributed by atoms with Gasteiger partial charge in [-0.25, -0.2) is 13.1 Å². The summed E-state index contributed by atoms with van der Waals surface area (Å²) >= 11 is 1.82. The molecule has 1 aliphatic heterocycles. The Bertz CT molecular complexity index is 614. The molecule has 2 rings (SSSR count). The lowest BCUT2D eigenvalue weighted by Gasteiger charge is -2.36. The normalized spacial score (nSPS) is 19.2. The van der Waals surface area contributed by atoms with E-state index in [1.54, 1.807) is 11.8 Å². The van der Waals surface area contributed by atoms with E-state index in [-0.39, 0.29) is 24.2 Å². The highest BCUT2D eigenvalue weighted by Gasteiger charge is 2.28. The van der Waals surface area contributed by atoms with E-state index in [4.69, 9.17) is 0 Å². The maximum atomic E-state index is 12.4. The standard InChI is InChI=1S/C15H22N2O3S2/c1-3-22(19,20)16-10-15(18)17-8-9-21-11-14(17)13-6-4-12(2)5-7-13/h4-7,14,16H,3,8-11H2,1-2H3. The van der Waals surface area contributed by atoms with E-state index >= 15 is 0 Å². The number of carbonyl (C=O) groups excluding carboxylic acids is 1. The van der Waals surface area contributed by atoms with E-state index in [9.17, 15) is 13.2 Å². The second-order valence-corrected chi connectivity index (χ2v) is 8.56. The zero-order valence-corrected chi connectivity index (χ0v) is 14.5. The summed E-state index contributed by atoms with van der Waals surface area (Å²) in [6.45, 7) is 4.07. The van der Waals surface area contributed by atoms with Gasteiger partial charge >= 0.3 is 0 Å². The Labute approximate surface area is 136 Å². The molecule has 0 saturated carbocycles. The summed E-state index contributed by atoms with van der Waals surface area (Å²) < 4.78 is 25.3. The van der Waals surface area contributed by atoms with E-state index in [2.05, 4.69) is 4.72 Å². The molecule has 1 aliphatic rings. The molecule has 1 fully saturated rings. The molecule has 1 saturated heterocycles. The van der Waals surface area contributed by atoms with Crippen LogP contribution in [0.2, 0.25) is 0 Å². The molecule has 0 aromatic heterocycles. The molecule has 0 spiro atoms. The molecule has 1 aromatic rings. The number of nitrogens with zero attached hydrogens (tertiary/aromatic N) is 1. The number of aryl methyl sites for hydroxylation is 1. The summed E-state index contributed by atoms with van der Waals surface area (Å²) in [5.41, 5.74) is 2.28. The van der Waals surface area contributed by atoms with Crippen LogP contribution in [-0.4, -0.2) is 49.6 Å². The first-order valence-electron chi connectivity index (χ1n) is 7.34. The monoisotopic (exact) mass is 342 g/mol. The van der Waals surface area contributed by atoms with E-state index in [0.29, 0.717) is 6.54 Å². The van der Waals surface area contributed by atoms with Crippen molar-refractivity contribution in [3.05, 3.63) is 35.4 Å². The van der Waals surface area contributed by atoms with E-state index < -0.39 is 10.0 Å². The van der Waals surface area contributed by atoms with Crippen molar-refractivity contribution in [3.8, 4) is 0 Å². The molecule has 0 radical (unpaired) electrons. The number of rotatable bonds is 5. The molecule has 0 bridgehead atoms. The Hall–Kier alpha value is -1.05. The summed E-state index contributed by atoms with van der Waals surface area (Å²) in [6, 6.07) is 8.18. The quantitative estimate of drug-likeness (QED) is 0.882.